The van der Waals surface area contributed by atoms with Gasteiger partial charge in [-0.25, -0.2) is 0 Å². The van der Waals surface area contributed by atoms with Crippen LogP contribution in [-0.2, 0) is 4.79 Å². The second-order valence-corrected chi connectivity index (χ2v) is 5.09. The molecule has 2 rings (SSSR count). The first-order valence-electron chi connectivity index (χ1n) is 6.38. The van der Waals surface area contributed by atoms with E-state index in [2.05, 4.69) is 11.8 Å². The molecule has 18 heavy (non-hydrogen) atoms. The van der Waals surface area contributed by atoms with Crippen LogP contribution in [0.4, 0.5) is 0 Å². The van der Waals surface area contributed by atoms with Crippen molar-refractivity contribution in [1.82, 2.24) is 4.90 Å². The Labute approximate surface area is 112 Å². The number of nitrogens with zero attached hydrogens (tertiary/aromatic N) is 1. The summed E-state index contributed by atoms with van der Waals surface area (Å²) in [5.41, 5.74) is 1.04. The lowest BCUT2D eigenvalue weighted by Gasteiger charge is -2.31. The van der Waals surface area contributed by atoms with Crippen molar-refractivity contribution in [2.45, 2.75) is 38.3 Å². The third kappa shape index (κ3) is 2.52. The molecule has 0 aliphatic carbocycles. The van der Waals surface area contributed by atoms with E-state index in [9.17, 15) is 9.90 Å². The smallest absolute Gasteiger partial charge is 0.320 e. The van der Waals surface area contributed by atoms with Crippen molar-refractivity contribution in [3.05, 3.63) is 34.9 Å². The van der Waals surface area contributed by atoms with E-state index < -0.39 is 5.97 Å². The maximum absolute atomic E-state index is 11.3. The SMILES string of the molecule is CCC(c1ccccc1Cl)N1CCCC1C(=O)O. The van der Waals surface area contributed by atoms with Gasteiger partial charge in [-0.1, -0.05) is 36.7 Å². The number of rotatable bonds is 4. The van der Waals surface area contributed by atoms with Crippen molar-refractivity contribution in [3.8, 4) is 0 Å². The molecule has 98 valence electrons. The summed E-state index contributed by atoms with van der Waals surface area (Å²) >= 11 is 6.23. The van der Waals surface area contributed by atoms with Crippen LogP contribution in [0.2, 0.25) is 5.02 Å². The van der Waals surface area contributed by atoms with E-state index in [0.29, 0.717) is 0 Å². The maximum atomic E-state index is 11.3. The summed E-state index contributed by atoms with van der Waals surface area (Å²) in [4.78, 5) is 13.3. The van der Waals surface area contributed by atoms with Crippen LogP contribution in [0.1, 0.15) is 37.8 Å². The van der Waals surface area contributed by atoms with Crippen molar-refractivity contribution in [1.29, 1.82) is 0 Å². The highest BCUT2D eigenvalue weighted by atomic mass is 35.5. The predicted molar refractivity (Wildman–Crippen MR) is 71.8 cm³/mol. The van der Waals surface area contributed by atoms with Crippen LogP contribution in [0.5, 0.6) is 0 Å². The van der Waals surface area contributed by atoms with Crippen LogP contribution in [-0.4, -0.2) is 28.6 Å². The molecule has 0 aromatic heterocycles. The second kappa shape index (κ2) is 5.72. The molecule has 2 atom stereocenters. The molecule has 0 bridgehead atoms. The van der Waals surface area contributed by atoms with Gasteiger partial charge in [0.05, 0.1) is 0 Å². The quantitative estimate of drug-likeness (QED) is 0.910. The Bertz CT molecular complexity index is 436. The van der Waals surface area contributed by atoms with Gasteiger partial charge in [0, 0.05) is 11.1 Å². The molecule has 1 heterocycles. The number of hydrogen-bond donors (Lipinski definition) is 1. The Balaban J connectivity index is 2.29. The van der Waals surface area contributed by atoms with Gasteiger partial charge in [-0.3, -0.25) is 9.69 Å². The number of likely N-dealkylation sites (tertiary alicyclic amines) is 1. The largest absolute Gasteiger partial charge is 0.480 e. The number of benzene rings is 1. The van der Waals surface area contributed by atoms with Gasteiger partial charge in [0.1, 0.15) is 6.04 Å². The normalized spacial score (nSPS) is 22.0. The Hall–Kier alpha value is -1.06. The molecule has 0 amide bonds. The molecule has 0 radical (unpaired) electrons. The fraction of sp³-hybridized carbons (Fsp3) is 0.500. The van der Waals surface area contributed by atoms with Crippen molar-refractivity contribution in [2.24, 2.45) is 0 Å². The molecular weight excluding hydrogens is 250 g/mol. The highest BCUT2D eigenvalue weighted by Crippen LogP contribution is 2.35. The molecular formula is C14H18ClNO2. The van der Waals surface area contributed by atoms with Gasteiger partial charge >= 0.3 is 5.97 Å². The number of carboxylic acids is 1. The fourth-order valence-corrected chi connectivity index (χ4v) is 3.07. The van der Waals surface area contributed by atoms with Crippen molar-refractivity contribution >= 4 is 17.6 Å². The minimum atomic E-state index is -0.724. The zero-order chi connectivity index (χ0) is 13.1. The fourth-order valence-electron chi connectivity index (χ4n) is 2.81. The lowest BCUT2D eigenvalue weighted by Crippen LogP contribution is -2.38. The zero-order valence-electron chi connectivity index (χ0n) is 10.5. The lowest BCUT2D eigenvalue weighted by atomic mass is 10.0. The van der Waals surface area contributed by atoms with Crippen LogP contribution in [0.25, 0.3) is 0 Å². The zero-order valence-corrected chi connectivity index (χ0v) is 11.2. The number of halogens is 1. The van der Waals surface area contributed by atoms with E-state index in [1.165, 1.54) is 0 Å². The summed E-state index contributed by atoms with van der Waals surface area (Å²) in [7, 11) is 0. The minimum Gasteiger partial charge on any atom is -0.480 e. The van der Waals surface area contributed by atoms with Gasteiger partial charge in [-0.2, -0.15) is 0 Å². The van der Waals surface area contributed by atoms with Gasteiger partial charge in [-0.15, -0.1) is 0 Å². The van der Waals surface area contributed by atoms with Gasteiger partial charge in [-0.05, 0) is 37.4 Å². The van der Waals surface area contributed by atoms with E-state index in [0.717, 1.165) is 36.4 Å². The van der Waals surface area contributed by atoms with Crippen LogP contribution >= 0.6 is 11.6 Å². The van der Waals surface area contributed by atoms with Gasteiger partial charge in [0.15, 0.2) is 0 Å². The maximum Gasteiger partial charge on any atom is 0.320 e. The number of carboxylic acid groups (broad SMARTS) is 1. The predicted octanol–water partition coefficient (Wildman–Crippen LogP) is 3.34. The average molecular weight is 268 g/mol. The molecule has 0 saturated carbocycles. The first-order chi connectivity index (χ1) is 8.65. The molecule has 1 aliphatic rings. The Morgan fingerprint density at radius 2 is 2.28 bits per heavy atom. The van der Waals surface area contributed by atoms with E-state index in [-0.39, 0.29) is 12.1 Å². The van der Waals surface area contributed by atoms with Gasteiger partial charge < -0.3 is 5.11 Å². The lowest BCUT2D eigenvalue weighted by molar-refractivity contribution is -0.143. The summed E-state index contributed by atoms with van der Waals surface area (Å²) in [5.74, 6) is -0.724. The molecule has 0 spiro atoms. The Morgan fingerprint density at radius 1 is 1.56 bits per heavy atom. The highest BCUT2D eigenvalue weighted by molar-refractivity contribution is 6.31. The van der Waals surface area contributed by atoms with E-state index >= 15 is 0 Å². The van der Waals surface area contributed by atoms with Crippen molar-refractivity contribution in [3.63, 3.8) is 0 Å². The monoisotopic (exact) mass is 267 g/mol. The highest BCUT2D eigenvalue weighted by Gasteiger charge is 2.35. The van der Waals surface area contributed by atoms with Crippen LogP contribution in [0.3, 0.4) is 0 Å². The van der Waals surface area contributed by atoms with E-state index in [4.69, 9.17) is 11.6 Å². The van der Waals surface area contributed by atoms with Crippen LogP contribution in [0.15, 0.2) is 24.3 Å². The number of aliphatic carboxylic acids is 1. The molecule has 1 N–H and O–H groups in total. The van der Waals surface area contributed by atoms with E-state index in [1.54, 1.807) is 0 Å². The first-order valence-corrected chi connectivity index (χ1v) is 6.76. The van der Waals surface area contributed by atoms with Crippen LogP contribution < -0.4 is 0 Å². The van der Waals surface area contributed by atoms with Crippen molar-refractivity contribution in [2.75, 3.05) is 6.54 Å². The molecule has 2 unspecified atom stereocenters. The van der Waals surface area contributed by atoms with Gasteiger partial charge in [0.2, 0.25) is 0 Å². The summed E-state index contributed by atoms with van der Waals surface area (Å²) in [5, 5.41) is 9.99. The number of carbonyl (C=O) groups is 1. The molecule has 1 saturated heterocycles. The molecule has 1 aliphatic heterocycles. The summed E-state index contributed by atoms with van der Waals surface area (Å²) in [6, 6.07) is 7.44. The summed E-state index contributed by atoms with van der Waals surface area (Å²) < 4.78 is 0. The minimum absolute atomic E-state index is 0.0994. The molecule has 1 aromatic rings. The topological polar surface area (TPSA) is 40.5 Å². The molecule has 1 aromatic carbocycles. The molecule has 3 nitrogen and oxygen atoms in total. The third-order valence-corrected chi connectivity index (χ3v) is 3.97. The van der Waals surface area contributed by atoms with E-state index in [1.807, 2.05) is 24.3 Å². The van der Waals surface area contributed by atoms with Gasteiger partial charge in [0.25, 0.3) is 0 Å². The first kappa shape index (κ1) is 13.4. The summed E-state index contributed by atoms with van der Waals surface area (Å²) in [6.45, 7) is 2.91. The number of hydrogen-bond acceptors (Lipinski definition) is 2. The summed E-state index contributed by atoms with van der Waals surface area (Å²) in [6.07, 6.45) is 2.54. The Kier molecular flexibility index (Phi) is 4.25. The second-order valence-electron chi connectivity index (χ2n) is 4.68. The third-order valence-electron chi connectivity index (χ3n) is 3.63. The Morgan fingerprint density at radius 3 is 2.89 bits per heavy atom. The molecule has 1 fully saturated rings. The van der Waals surface area contributed by atoms with Crippen molar-refractivity contribution < 1.29 is 9.90 Å². The molecule has 4 heteroatoms. The standard InChI is InChI=1S/C14H18ClNO2/c1-2-12(10-6-3-4-7-11(10)15)16-9-5-8-13(16)14(17)18/h3-4,6-7,12-13H,2,5,8-9H2,1H3,(H,17,18). The average Bonchev–Trinajstić information content (AvgIpc) is 2.82. The van der Waals surface area contributed by atoms with Crippen LogP contribution in [0, 0.1) is 0 Å².